The van der Waals surface area contributed by atoms with Gasteiger partial charge in [-0.15, -0.1) is 0 Å². The molecule has 2 aromatic carbocycles. The third-order valence-electron chi connectivity index (χ3n) is 3.25. The van der Waals surface area contributed by atoms with Crippen LogP contribution in [0.15, 0.2) is 45.3 Å². The third kappa shape index (κ3) is 3.52. The fourth-order valence-corrected chi connectivity index (χ4v) is 2.96. The first-order valence-corrected chi connectivity index (χ1v) is 8.39. The number of hydrogen-bond acceptors (Lipinski definition) is 3. The number of rotatable bonds is 3. The molecule has 5 heteroatoms. The number of hydrogen-bond donors (Lipinski definition) is 1. The second-order valence-electron chi connectivity index (χ2n) is 4.77. The van der Waals surface area contributed by atoms with Crippen LogP contribution in [0, 0.1) is 0 Å². The number of ether oxygens (including phenoxy) is 2. The summed E-state index contributed by atoms with van der Waals surface area (Å²) in [5.74, 6) is 1.69. The maximum atomic E-state index is 5.84. The molecular weight excluding hydrogens is 398 g/mol. The highest BCUT2D eigenvalue weighted by molar-refractivity contribution is 9.11. The number of para-hydroxylation sites is 1. The molecular formula is C16H15Br2NO2. The molecule has 110 valence electrons. The molecule has 0 atom stereocenters. The molecule has 0 fully saturated rings. The molecule has 0 saturated heterocycles. The third-order valence-corrected chi connectivity index (χ3v) is 4.44. The van der Waals surface area contributed by atoms with E-state index in [1.165, 1.54) is 0 Å². The number of nitrogens with one attached hydrogen (secondary N) is 1. The first-order valence-electron chi connectivity index (χ1n) is 6.80. The molecule has 0 aliphatic carbocycles. The average molecular weight is 413 g/mol. The second-order valence-corrected chi connectivity index (χ2v) is 6.54. The lowest BCUT2D eigenvalue weighted by atomic mass is 10.1. The number of halogens is 2. The van der Waals surface area contributed by atoms with E-state index in [1.807, 2.05) is 30.3 Å². The van der Waals surface area contributed by atoms with Crippen molar-refractivity contribution in [3.8, 4) is 11.5 Å². The molecule has 3 nitrogen and oxygen atoms in total. The predicted molar refractivity (Wildman–Crippen MR) is 91.2 cm³/mol. The summed E-state index contributed by atoms with van der Waals surface area (Å²) in [6.45, 7) is 2.09. The summed E-state index contributed by atoms with van der Waals surface area (Å²) in [5.41, 5.74) is 2.14. The van der Waals surface area contributed by atoms with Crippen LogP contribution in [0.1, 0.15) is 12.0 Å². The smallest absolute Gasteiger partial charge is 0.166 e. The first-order chi connectivity index (χ1) is 10.2. The summed E-state index contributed by atoms with van der Waals surface area (Å²) in [5, 5.41) is 3.43. The SMILES string of the molecule is Brc1ccc(Br)c(NCc2cccc3c2OCCCO3)c1. The van der Waals surface area contributed by atoms with E-state index >= 15 is 0 Å². The van der Waals surface area contributed by atoms with Crippen LogP contribution in [0.25, 0.3) is 0 Å². The van der Waals surface area contributed by atoms with Crippen molar-refractivity contribution in [1.82, 2.24) is 0 Å². The summed E-state index contributed by atoms with van der Waals surface area (Å²) in [6.07, 6.45) is 0.915. The van der Waals surface area contributed by atoms with Crippen molar-refractivity contribution >= 4 is 37.5 Å². The normalized spacial score (nSPS) is 13.6. The Balaban J connectivity index is 1.81. The van der Waals surface area contributed by atoms with Gasteiger partial charge in [-0.3, -0.25) is 0 Å². The van der Waals surface area contributed by atoms with E-state index in [1.54, 1.807) is 0 Å². The summed E-state index contributed by atoms with van der Waals surface area (Å²) in [7, 11) is 0. The zero-order valence-corrected chi connectivity index (χ0v) is 14.5. The molecule has 3 rings (SSSR count). The minimum absolute atomic E-state index is 0.682. The largest absolute Gasteiger partial charge is 0.490 e. The highest BCUT2D eigenvalue weighted by Crippen LogP contribution is 2.34. The summed E-state index contributed by atoms with van der Waals surface area (Å²) in [6, 6.07) is 12.1. The Morgan fingerprint density at radius 2 is 1.90 bits per heavy atom. The summed E-state index contributed by atoms with van der Waals surface area (Å²) >= 11 is 7.04. The first kappa shape index (κ1) is 14.7. The Kier molecular flexibility index (Phi) is 4.70. The molecule has 0 radical (unpaired) electrons. The molecule has 2 aromatic rings. The molecule has 1 aliphatic rings. The molecule has 0 bridgehead atoms. The molecule has 0 aromatic heterocycles. The Hall–Kier alpha value is -1.20. The summed E-state index contributed by atoms with van der Waals surface area (Å²) in [4.78, 5) is 0. The fourth-order valence-electron chi connectivity index (χ4n) is 2.22. The van der Waals surface area contributed by atoms with E-state index < -0.39 is 0 Å². The maximum Gasteiger partial charge on any atom is 0.166 e. The van der Waals surface area contributed by atoms with Gasteiger partial charge in [0.15, 0.2) is 11.5 Å². The van der Waals surface area contributed by atoms with E-state index in [4.69, 9.17) is 9.47 Å². The van der Waals surface area contributed by atoms with Crippen molar-refractivity contribution in [3.05, 3.63) is 50.9 Å². The highest BCUT2D eigenvalue weighted by Gasteiger charge is 2.14. The van der Waals surface area contributed by atoms with Crippen LogP contribution in [0.5, 0.6) is 11.5 Å². The van der Waals surface area contributed by atoms with Gasteiger partial charge in [0.05, 0.1) is 13.2 Å². The minimum Gasteiger partial charge on any atom is -0.490 e. The number of anilines is 1. The standard InChI is InChI=1S/C16H15Br2NO2/c17-12-5-6-13(18)14(9-12)19-10-11-3-1-4-15-16(11)21-8-2-7-20-15/h1,3-6,9,19H,2,7-8,10H2. The predicted octanol–water partition coefficient (Wildman–Crippen LogP) is 4.99. The lowest BCUT2D eigenvalue weighted by Gasteiger charge is -2.14. The van der Waals surface area contributed by atoms with Crippen molar-refractivity contribution < 1.29 is 9.47 Å². The van der Waals surface area contributed by atoms with Gasteiger partial charge in [-0.2, -0.15) is 0 Å². The zero-order valence-electron chi connectivity index (χ0n) is 11.4. The van der Waals surface area contributed by atoms with E-state index in [2.05, 4.69) is 43.2 Å². The molecule has 0 unspecified atom stereocenters. The molecule has 1 heterocycles. The van der Waals surface area contributed by atoms with E-state index in [9.17, 15) is 0 Å². The van der Waals surface area contributed by atoms with Crippen LogP contribution < -0.4 is 14.8 Å². The van der Waals surface area contributed by atoms with E-state index in [0.717, 1.165) is 38.1 Å². The van der Waals surface area contributed by atoms with Crippen LogP contribution in [0.4, 0.5) is 5.69 Å². The maximum absolute atomic E-state index is 5.84. The molecule has 1 N–H and O–H groups in total. The fraction of sp³-hybridized carbons (Fsp3) is 0.250. The van der Waals surface area contributed by atoms with Crippen molar-refractivity contribution in [2.24, 2.45) is 0 Å². The molecule has 0 saturated carbocycles. The number of fused-ring (bicyclic) bond motifs is 1. The van der Waals surface area contributed by atoms with Gasteiger partial charge in [0, 0.05) is 33.2 Å². The molecule has 0 amide bonds. The van der Waals surface area contributed by atoms with E-state index in [0.29, 0.717) is 19.8 Å². The zero-order chi connectivity index (χ0) is 14.7. The lowest BCUT2D eigenvalue weighted by Crippen LogP contribution is -2.04. The Morgan fingerprint density at radius 3 is 2.81 bits per heavy atom. The topological polar surface area (TPSA) is 30.5 Å². The number of benzene rings is 2. The van der Waals surface area contributed by atoms with Crippen molar-refractivity contribution in [3.63, 3.8) is 0 Å². The quantitative estimate of drug-likeness (QED) is 0.770. The highest BCUT2D eigenvalue weighted by atomic mass is 79.9. The van der Waals surface area contributed by atoms with Gasteiger partial charge in [-0.25, -0.2) is 0 Å². The van der Waals surface area contributed by atoms with Crippen LogP contribution >= 0.6 is 31.9 Å². The van der Waals surface area contributed by atoms with Gasteiger partial charge < -0.3 is 14.8 Å². The lowest BCUT2D eigenvalue weighted by molar-refractivity contribution is 0.296. The van der Waals surface area contributed by atoms with Gasteiger partial charge >= 0.3 is 0 Å². The van der Waals surface area contributed by atoms with Crippen molar-refractivity contribution in [2.45, 2.75) is 13.0 Å². The van der Waals surface area contributed by atoms with Crippen LogP contribution in [-0.4, -0.2) is 13.2 Å². The van der Waals surface area contributed by atoms with Crippen molar-refractivity contribution in [2.75, 3.05) is 18.5 Å². The van der Waals surface area contributed by atoms with Crippen LogP contribution in [-0.2, 0) is 6.54 Å². The van der Waals surface area contributed by atoms with Crippen molar-refractivity contribution in [1.29, 1.82) is 0 Å². The minimum atomic E-state index is 0.682. The van der Waals surface area contributed by atoms with Gasteiger partial charge in [-0.1, -0.05) is 28.1 Å². The van der Waals surface area contributed by atoms with Gasteiger partial charge in [-0.05, 0) is 40.2 Å². The molecule has 21 heavy (non-hydrogen) atoms. The van der Waals surface area contributed by atoms with Gasteiger partial charge in [0.2, 0.25) is 0 Å². The Morgan fingerprint density at radius 1 is 1.05 bits per heavy atom. The van der Waals surface area contributed by atoms with Crippen LogP contribution in [0.2, 0.25) is 0 Å². The van der Waals surface area contributed by atoms with Gasteiger partial charge in [0.1, 0.15) is 0 Å². The van der Waals surface area contributed by atoms with Crippen LogP contribution in [0.3, 0.4) is 0 Å². The second kappa shape index (κ2) is 6.71. The van der Waals surface area contributed by atoms with E-state index in [-0.39, 0.29) is 0 Å². The average Bonchev–Trinajstić information content (AvgIpc) is 2.74. The monoisotopic (exact) mass is 411 g/mol. The molecule has 0 spiro atoms. The van der Waals surface area contributed by atoms with Gasteiger partial charge in [0.25, 0.3) is 0 Å². The summed E-state index contributed by atoms with van der Waals surface area (Å²) < 4.78 is 13.6. The Bertz CT molecular complexity index is 646. The molecule has 1 aliphatic heterocycles. The Labute approximate surface area is 140 Å².